The van der Waals surface area contributed by atoms with E-state index in [2.05, 4.69) is 0 Å². The summed E-state index contributed by atoms with van der Waals surface area (Å²) >= 11 is 6.11. The largest absolute Gasteiger partial charge is 0.493 e. The first kappa shape index (κ1) is 18.3. The maximum absolute atomic E-state index is 13.1. The Morgan fingerprint density at radius 3 is 2.62 bits per heavy atom. The summed E-state index contributed by atoms with van der Waals surface area (Å²) in [5.74, 6) is 0.0700. The average molecular weight is 374 g/mol. The highest BCUT2D eigenvalue weighted by atomic mass is 35.5. The number of fused-ring (bicyclic) bond motifs is 1. The lowest BCUT2D eigenvalue weighted by molar-refractivity contribution is -0.132. The quantitative estimate of drug-likeness (QED) is 0.596. The number of anilines is 1. The topological polar surface area (TPSA) is 55.8 Å². The zero-order valence-corrected chi connectivity index (χ0v) is 15.5. The number of ether oxygens (including phenoxy) is 2. The highest BCUT2D eigenvalue weighted by Gasteiger charge is 2.23. The summed E-state index contributed by atoms with van der Waals surface area (Å²) in [6.07, 6.45) is 2.82. The van der Waals surface area contributed by atoms with Crippen LogP contribution in [0, 0.1) is 0 Å². The molecule has 0 aliphatic carbocycles. The van der Waals surface area contributed by atoms with Gasteiger partial charge in [0, 0.05) is 29.7 Å². The maximum Gasteiger partial charge on any atom is 0.308 e. The van der Waals surface area contributed by atoms with E-state index in [9.17, 15) is 9.59 Å². The SMILES string of the molecule is COc1cc(C(=O)N2CCCCc3cc(Cl)ccc32)ccc1OC(C)=O. The molecule has 1 amide bonds. The van der Waals surface area contributed by atoms with E-state index >= 15 is 0 Å². The van der Waals surface area contributed by atoms with Crippen LogP contribution in [0.25, 0.3) is 0 Å². The molecule has 2 aromatic carbocycles. The molecule has 1 aliphatic rings. The third-order valence-corrected chi connectivity index (χ3v) is 4.55. The first-order valence-corrected chi connectivity index (χ1v) is 8.84. The number of methoxy groups -OCH3 is 1. The normalized spacial score (nSPS) is 13.6. The lowest BCUT2D eigenvalue weighted by atomic mass is 10.1. The molecule has 3 rings (SSSR count). The van der Waals surface area contributed by atoms with Crippen molar-refractivity contribution >= 4 is 29.2 Å². The Kier molecular flexibility index (Phi) is 5.47. The molecule has 5 nitrogen and oxygen atoms in total. The van der Waals surface area contributed by atoms with E-state index in [1.165, 1.54) is 14.0 Å². The Labute approximate surface area is 157 Å². The standard InChI is InChI=1S/C20H20ClNO4/c1-13(23)26-18-9-6-15(12-19(18)25-2)20(24)22-10-4-3-5-14-11-16(21)7-8-17(14)22/h6-9,11-12H,3-5,10H2,1-2H3. The number of halogens is 1. The number of nitrogens with zero attached hydrogens (tertiary/aromatic N) is 1. The number of esters is 1. The molecule has 0 unspecified atom stereocenters. The smallest absolute Gasteiger partial charge is 0.308 e. The van der Waals surface area contributed by atoms with Crippen LogP contribution in [0.4, 0.5) is 5.69 Å². The summed E-state index contributed by atoms with van der Waals surface area (Å²) in [5, 5.41) is 0.672. The summed E-state index contributed by atoms with van der Waals surface area (Å²) in [6, 6.07) is 10.4. The predicted octanol–water partition coefficient (Wildman–Crippen LogP) is 4.26. The molecule has 26 heavy (non-hydrogen) atoms. The molecule has 0 aromatic heterocycles. The Morgan fingerprint density at radius 2 is 1.88 bits per heavy atom. The van der Waals surface area contributed by atoms with Gasteiger partial charge in [0.25, 0.3) is 5.91 Å². The van der Waals surface area contributed by atoms with Gasteiger partial charge in [-0.2, -0.15) is 0 Å². The highest BCUT2D eigenvalue weighted by Crippen LogP contribution is 2.32. The molecule has 1 heterocycles. The van der Waals surface area contributed by atoms with E-state index in [0.29, 0.717) is 28.6 Å². The maximum atomic E-state index is 13.1. The minimum absolute atomic E-state index is 0.122. The number of aryl methyl sites for hydroxylation is 1. The molecule has 6 heteroatoms. The second kappa shape index (κ2) is 7.79. The van der Waals surface area contributed by atoms with Crippen molar-refractivity contribution in [3.8, 4) is 11.5 Å². The number of hydrogen-bond acceptors (Lipinski definition) is 4. The fraction of sp³-hybridized carbons (Fsp3) is 0.300. The second-order valence-electron chi connectivity index (χ2n) is 6.15. The first-order chi connectivity index (χ1) is 12.5. The van der Waals surface area contributed by atoms with Crippen molar-refractivity contribution in [2.24, 2.45) is 0 Å². The molecule has 0 saturated heterocycles. The van der Waals surface area contributed by atoms with Crippen LogP contribution < -0.4 is 14.4 Å². The van der Waals surface area contributed by atoms with Gasteiger partial charge in [-0.05, 0) is 61.2 Å². The van der Waals surface area contributed by atoms with E-state index in [1.807, 2.05) is 12.1 Å². The molecule has 136 valence electrons. The van der Waals surface area contributed by atoms with E-state index in [-0.39, 0.29) is 5.91 Å². The van der Waals surface area contributed by atoms with Crippen LogP contribution in [0.3, 0.4) is 0 Å². The van der Waals surface area contributed by atoms with Gasteiger partial charge in [0.05, 0.1) is 7.11 Å². The lowest BCUT2D eigenvalue weighted by Gasteiger charge is -2.23. The molecule has 0 spiro atoms. The molecule has 0 radical (unpaired) electrons. The number of amides is 1. The number of carbonyl (C=O) groups excluding carboxylic acids is 2. The minimum Gasteiger partial charge on any atom is -0.493 e. The van der Waals surface area contributed by atoms with Gasteiger partial charge >= 0.3 is 5.97 Å². The van der Waals surface area contributed by atoms with E-state index in [4.69, 9.17) is 21.1 Å². The second-order valence-corrected chi connectivity index (χ2v) is 6.58. The lowest BCUT2D eigenvalue weighted by Crippen LogP contribution is -2.31. The summed E-state index contributed by atoms with van der Waals surface area (Å²) in [6.45, 7) is 1.96. The van der Waals surface area contributed by atoms with Crippen LogP contribution in [0.15, 0.2) is 36.4 Å². The van der Waals surface area contributed by atoms with E-state index in [1.54, 1.807) is 29.2 Å². The molecular weight excluding hydrogens is 354 g/mol. The molecule has 0 fully saturated rings. The Balaban J connectivity index is 1.95. The molecule has 2 aromatic rings. The third kappa shape index (κ3) is 3.83. The summed E-state index contributed by atoms with van der Waals surface area (Å²) in [5.41, 5.74) is 2.44. The van der Waals surface area contributed by atoms with Crippen LogP contribution in [0.2, 0.25) is 5.02 Å². The zero-order valence-electron chi connectivity index (χ0n) is 14.8. The molecule has 1 aliphatic heterocycles. The third-order valence-electron chi connectivity index (χ3n) is 4.32. The van der Waals surface area contributed by atoms with Gasteiger partial charge in [-0.15, -0.1) is 0 Å². The van der Waals surface area contributed by atoms with Crippen molar-refractivity contribution in [1.29, 1.82) is 0 Å². The summed E-state index contributed by atoms with van der Waals surface area (Å²) in [4.78, 5) is 26.1. The number of benzene rings is 2. The van der Waals surface area contributed by atoms with Crippen molar-refractivity contribution in [3.05, 3.63) is 52.5 Å². The number of carbonyl (C=O) groups is 2. The Morgan fingerprint density at radius 1 is 1.08 bits per heavy atom. The van der Waals surface area contributed by atoms with Gasteiger partial charge in [-0.1, -0.05) is 11.6 Å². The Hall–Kier alpha value is -2.53. The predicted molar refractivity (Wildman–Crippen MR) is 100 cm³/mol. The number of rotatable bonds is 3. The fourth-order valence-electron chi connectivity index (χ4n) is 3.13. The monoisotopic (exact) mass is 373 g/mol. The van der Waals surface area contributed by atoms with Gasteiger partial charge in [0.2, 0.25) is 0 Å². The van der Waals surface area contributed by atoms with Gasteiger partial charge in [-0.3, -0.25) is 9.59 Å². The molecule has 0 bridgehead atoms. The van der Waals surface area contributed by atoms with Crippen LogP contribution in [-0.4, -0.2) is 25.5 Å². The van der Waals surface area contributed by atoms with Crippen LogP contribution in [-0.2, 0) is 11.2 Å². The average Bonchev–Trinajstić information content (AvgIpc) is 2.82. The fourth-order valence-corrected chi connectivity index (χ4v) is 3.32. The highest BCUT2D eigenvalue weighted by molar-refractivity contribution is 6.30. The Bertz CT molecular complexity index is 850. The molecular formula is C20H20ClNO4. The van der Waals surface area contributed by atoms with E-state index < -0.39 is 5.97 Å². The first-order valence-electron chi connectivity index (χ1n) is 8.46. The van der Waals surface area contributed by atoms with E-state index in [0.717, 1.165) is 30.5 Å². The minimum atomic E-state index is -0.444. The summed E-state index contributed by atoms with van der Waals surface area (Å²) in [7, 11) is 1.47. The van der Waals surface area contributed by atoms with Crippen molar-refractivity contribution in [3.63, 3.8) is 0 Å². The zero-order chi connectivity index (χ0) is 18.7. The van der Waals surface area contributed by atoms with Gasteiger partial charge in [-0.25, -0.2) is 0 Å². The van der Waals surface area contributed by atoms with Crippen LogP contribution in [0.5, 0.6) is 11.5 Å². The number of hydrogen-bond donors (Lipinski definition) is 0. The van der Waals surface area contributed by atoms with Crippen molar-refractivity contribution < 1.29 is 19.1 Å². The van der Waals surface area contributed by atoms with Gasteiger partial charge in [0.15, 0.2) is 11.5 Å². The molecule has 0 saturated carbocycles. The van der Waals surface area contributed by atoms with Crippen molar-refractivity contribution in [1.82, 2.24) is 0 Å². The molecule has 0 atom stereocenters. The van der Waals surface area contributed by atoms with Crippen LogP contribution in [0.1, 0.15) is 35.7 Å². The van der Waals surface area contributed by atoms with Gasteiger partial charge < -0.3 is 14.4 Å². The summed E-state index contributed by atoms with van der Waals surface area (Å²) < 4.78 is 10.4. The van der Waals surface area contributed by atoms with Crippen molar-refractivity contribution in [2.45, 2.75) is 26.2 Å². The molecule has 0 N–H and O–H groups in total. The van der Waals surface area contributed by atoms with Crippen molar-refractivity contribution in [2.75, 3.05) is 18.6 Å². The van der Waals surface area contributed by atoms with Gasteiger partial charge in [0.1, 0.15) is 0 Å². The van der Waals surface area contributed by atoms with Crippen LogP contribution >= 0.6 is 11.6 Å².